The summed E-state index contributed by atoms with van der Waals surface area (Å²) < 4.78 is 22.6. The lowest BCUT2D eigenvalue weighted by Crippen LogP contribution is -2.51. The van der Waals surface area contributed by atoms with Crippen molar-refractivity contribution >= 4 is 33.9 Å². The van der Waals surface area contributed by atoms with Crippen molar-refractivity contribution in [2.24, 2.45) is 5.92 Å². The van der Waals surface area contributed by atoms with Crippen LogP contribution >= 0.6 is 0 Å². The first-order valence-electron chi connectivity index (χ1n) is 16.6. The topological polar surface area (TPSA) is 83.9 Å². The van der Waals surface area contributed by atoms with Gasteiger partial charge in [-0.05, 0) is 74.3 Å². The van der Waals surface area contributed by atoms with Gasteiger partial charge in [0.1, 0.15) is 5.60 Å². The number of hydrogen-bond acceptors (Lipinski definition) is 4. The fourth-order valence-electron chi connectivity index (χ4n) is 6.79. The number of likely N-dealkylation sites (tertiary alicyclic amines) is 1. The van der Waals surface area contributed by atoms with Crippen molar-refractivity contribution < 1.29 is 18.5 Å². The van der Waals surface area contributed by atoms with E-state index in [1.54, 1.807) is 11.2 Å². The van der Waals surface area contributed by atoms with Gasteiger partial charge in [0, 0.05) is 62.1 Å². The summed E-state index contributed by atoms with van der Waals surface area (Å²) in [5.41, 5.74) is 4.96. The van der Waals surface area contributed by atoms with Crippen molar-refractivity contribution in [1.29, 1.82) is 0 Å². The first kappa shape index (κ1) is 33.0. The van der Waals surface area contributed by atoms with Crippen LogP contribution in [0.4, 0.5) is 4.79 Å². The highest BCUT2D eigenvalue weighted by Gasteiger charge is 2.43. The number of carbonyl (C=O) groups is 2. The van der Waals surface area contributed by atoms with Gasteiger partial charge in [0.25, 0.3) is 0 Å². The maximum absolute atomic E-state index is 14.9. The van der Waals surface area contributed by atoms with Gasteiger partial charge < -0.3 is 19.1 Å². The number of hydrogen-bond donors (Lipinski definition) is 1. The molecule has 1 aromatic heterocycles. The average Bonchev–Trinajstić information content (AvgIpc) is 3.85. The number of rotatable bonds is 10. The Morgan fingerprint density at radius 3 is 2.40 bits per heavy atom. The van der Waals surface area contributed by atoms with Crippen LogP contribution in [0.5, 0.6) is 0 Å². The summed E-state index contributed by atoms with van der Waals surface area (Å²) in [7, 11) is -1.08. The zero-order valence-corrected chi connectivity index (χ0v) is 28.7. The molecule has 1 aliphatic heterocycles. The summed E-state index contributed by atoms with van der Waals surface area (Å²) in [6.07, 6.45) is 6.05. The smallest absolute Gasteiger partial charge is 0.410 e. The minimum absolute atomic E-state index is 0.0339. The molecule has 2 heterocycles. The lowest BCUT2D eigenvalue weighted by Gasteiger charge is -2.40. The maximum Gasteiger partial charge on any atom is 0.410 e. The Morgan fingerprint density at radius 2 is 1.68 bits per heavy atom. The Balaban J connectivity index is 1.31. The van der Waals surface area contributed by atoms with Crippen molar-refractivity contribution in [2.45, 2.75) is 70.7 Å². The van der Waals surface area contributed by atoms with E-state index >= 15 is 0 Å². The first-order valence-corrected chi connectivity index (χ1v) is 18.2. The van der Waals surface area contributed by atoms with Crippen LogP contribution in [-0.2, 0) is 33.6 Å². The number of nitrogens with zero attached hydrogens (tertiary/aromatic N) is 3. The second kappa shape index (κ2) is 14.0. The summed E-state index contributed by atoms with van der Waals surface area (Å²) in [6, 6.07) is 27.3. The van der Waals surface area contributed by atoms with Crippen LogP contribution in [0, 0.1) is 5.92 Å². The molecule has 2 amide bonds. The van der Waals surface area contributed by atoms with Crippen LogP contribution in [0.3, 0.4) is 0 Å². The van der Waals surface area contributed by atoms with Crippen molar-refractivity contribution in [3.05, 3.63) is 96.2 Å². The lowest BCUT2D eigenvalue weighted by atomic mass is 9.79. The van der Waals surface area contributed by atoms with Crippen LogP contribution in [0.2, 0.25) is 0 Å². The Bertz CT molecular complexity index is 1740. The van der Waals surface area contributed by atoms with Crippen LogP contribution in [0.25, 0.3) is 22.0 Å². The zero-order chi connectivity index (χ0) is 33.1. The molecule has 1 N–H and O–H groups in total. The SMILES string of the molecule is CS(=O)NCCn1cc(CN(C(=O)[C@H]2CN(C(=O)OC(C)(C)C)CC[C@@H]2c2cccc(-c3ccccc3)c2)C2CC2)c2ccccc21. The molecule has 0 bridgehead atoms. The molecule has 4 aromatic rings. The molecule has 47 heavy (non-hydrogen) atoms. The van der Waals surface area contributed by atoms with Gasteiger partial charge in [-0.1, -0.05) is 72.8 Å². The predicted molar refractivity (Wildman–Crippen MR) is 188 cm³/mol. The van der Waals surface area contributed by atoms with Gasteiger partial charge in [-0.3, -0.25) is 4.79 Å². The quantitative estimate of drug-likeness (QED) is 0.206. The molecular formula is C38H46N4O4S. The standard InChI is InChI=1S/C38H46N4O4S/c1-38(2,3)46-37(44)41-21-19-32(29-14-10-13-28(23-29)27-11-6-5-7-12-27)34(26-41)36(43)42(31-17-18-31)25-30-24-40(22-20-39-47(4)45)35-16-9-8-15-33(30)35/h5-16,23-24,31-32,34,39H,17-22,25-26H2,1-4H3/t32-,34+,47?/m1/s1. The number of amides is 2. The highest BCUT2D eigenvalue weighted by atomic mass is 32.2. The molecule has 1 saturated heterocycles. The summed E-state index contributed by atoms with van der Waals surface area (Å²) in [5.74, 6) is -0.343. The summed E-state index contributed by atoms with van der Waals surface area (Å²) in [6.45, 7) is 8.23. The third-order valence-corrected chi connectivity index (χ3v) is 9.75. The fraction of sp³-hybridized carbons (Fsp3) is 0.421. The third-order valence-electron chi connectivity index (χ3n) is 9.14. The molecule has 1 unspecified atom stereocenters. The number of carbonyl (C=O) groups excluding carboxylic acids is 2. The Kier molecular flexibility index (Phi) is 9.85. The molecule has 1 saturated carbocycles. The Labute approximate surface area is 280 Å². The van der Waals surface area contributed by atoms with Crippen LogP contribution in [0.15, 0.2) is 85.1 Å². The minimum Gasteiger partial charge on any atom is -0.444 e. The van der Waals surface area contributed by atoms with Gasteiger partial charge in [-0.15, -0.1) is 0 Å². The van der Waals surface area contributed by atoms with Gasteiger partial charge in [0.2, 0.25) is 5.91 Å². The second-order valence-corrected chi connectivity index (χ2v) is 15.0. The molecule has 0 spiro atoms. The molecule has 3 aromatic carbocycles. The summed E-state index contributed by atoms with van der Waals surface area (Å²) in [5, 5.41) is 1.12. The molecule has 6 rings (SSSR count). The molecule has 3 atom stereocenters. The van der Waals surface area contributed by atoms with Crippen molar-refractivity contribution in [3.63, 3.8) is 0 Å². The van der Waals surface area contributed by atoms with Gasteiger partial charge in [0.15, 0.2) is 0 Å². The predicted octanol–water partition coefficient (Wildman–Crippen LogP) is 6.72. The number of para-hydroxylation sites is 1. The van der Waals surface area contributed by atoms with Gasteiger partial charge in [-0.25, -0.2) is 13.7 Å². The number of nitrogens with one attached hydrogen (secondary N) is 1. The number of piperidine rings is 1. The number of fused-ring (bicyclic) bond motifs is 1. The summed E-state index contributed by atoms with van der Waals surface area (Å²) in [4.78, 5) is 32.0. The maximum atomic E-state index is 14.9. The van der Waals surface area contributed by atoms with E-state index in [9.17, 15) is 13.8 Å². The van der Waals surface area contributed by atoms with Crippen LogP contribution < -0.4 is 4.72 Å². The Hall–Kier alpha value is -3.95. The monoisotopic (exact) mass is 654 g/mol. The minimum atomic E-state index is -1.08. The average molecular weight is 655 g/mol. The van der Waals surface area contributed by atoms with Crippen LogP contribution in [0.1, 0.15) is 57.1 Å². The molecule has 2 aliphatic rings. The zero-order valence-electron chi connectivity index (χ0n) is 27.9. The molecule has 248 valence electrons. The largest absolute Gasteiger partial charge is 0.444 e. The highest BCUT2D eigenvalue weighted by molar-refractivity contribution is 7.82. The molecule has 8 nitrogen and oxygen atoms in total. The van der Waals surface area contributed by atoms with Crippen molar-refractivity contribution in [3.8, 4) is 11.1 Å². The van der Waals surface area contributed by atoms with E-state index in [0.29, 0.717) is 39.1 Å². The van der Waals surface area contributed by atoms with E-state index in [2.05, 4.69) is 68.9 Å². The van der Waals surface area contributed by atoms with Gasteiger partial charge in [-0.2, -0.15) is 0 Å². The number of benzene rings is 3. The Morgan fingerprint density at radius 1 is 0.957 bits per heavy atom. The molecule has 2 fully saturated rings. The van der Waals surface area contributed by atoms with Crippen molar-refractivity contribution in [2.75, 3.05) is 25.9 Å². The van der Waals surface area contributed by atoms with E-state index in [0.717, 1.165) is 46.0 Å². The van der Waals surface area contributed by atoms with E-state index in [-0.39, 0.29) is 24.0 Å². The highest BCUT2D eigenvalue weighted by Crippen LogP contribution is 2.40. The third kappa shape index (κ3) is 7.96. The molecule has 0 radical (unpaired) electrons. The van der Waals surface area contributed by atoms with Crippen LogP contribution in [-0.4, -0.2) is 68.1 Å². The van der Waals surface area contributed by atoms with Gasteiger partial charge >= 0.3 is 6.09 Å². The molecule has 9 heteroatoms. The second-order valence-electron chi connectivity index (χ2n) is 13.8. The molecule has 1 aliphatic carbocycles. The van der Waals surface area contributed by atoms with E-state index < -0.39 is 22.5 Å². The van der Waals surface area contributed by atoms with Gasteiger partial charge in [0.05, 0.1) is 16.9 Å². The van der Waals surface area contributed by atoms with E-state index in [4.69, 9.17) is 4.74 Å². The normalized spacial score (nSPS) is 19.0. The number of ether oxygens (including phenoxy) is 1. The fourth-order valence-corrected chi connectivity index (χ4v) is 7.17. The lowest BCUT2D eigenvalue weighted by molar-refractivity contribution is -0.139. The van der Waals surface area contributed by atoms with E-state index in [1.807, 2.05) is 51.1 Å². The first-order chi connectivity index (χ1) is 22.6. The molecular weight excluding hydrogens is 609 g/mol. The number of aromatic nitrogens is 1. The summed E-state index contributed by atoms with van der Waals surface area (Å²) >= 11 is 0. The van der Waals surface area contributed by atoms with Crippen molar-refractivity contribution in [1.82, 2.24) is 19.1 Å². The van der Waals surface area contributed by atoms with E-state index in [1.165, 1.54) is 0 Å².